The molecular formula is C17H19F2N3O3. The van der Waals surface area contributed by atoms with Crippen molar-refractivity contribution in [3.63, 3.8) is 0 Å². The largest absolute Gasteiger partial charge is 0.341 e. The number of piperidine rings is 1. The molecule has 0 spiro atoms. The fraction of sp³-hybridized carbons (Fsp3) is 0.471. The van der Waals surface area contributed by atoms with Gasteiger partial charge in [0.15, 0.2) is 11.6 Å². The average molecular weight is 351 g/mol. The third kappa shape index (κ3) is 3.08. The Morgan fingerprint density at radius 1 is 1.16 bits per heavy atom. The molecule has 2 saturated heterocycles. The second-order valence-electron chi connectivity index (χ2n) is 6.52. The molecule has 8 heteroatoms. The molecule has 0 bridgehead atoms. The number of hydrogen-bond donors (Lipinski definition) is 1. The Labute approximate surface area is 143 Å². The van der Waals surface area contributed by atoms with Crippen molar-refractivity contribution in [2.24, 2.45) is 0 Å². The number of benzene rings is 1. The van der Waals surface area contributed by atoms with E-state index in [1.165, 1.54) is 13.0 Å². The van der Waals surface area contributed by atoms with Gasteiger partial charge in [0.2, 0.25) is 5.91 Å². The Balaban J connectivity index is 1.79. The number of nitrogens with one attached hydrogen (secondary N) is 1. The molecule has 1 atom stereocenters. The van der Waals surface area contributed by atoms with Crippen LogP contribution in [0, 0.1) is 11.6 Å². The van der Waals surface area contributed by atoms with E-state index in [2.05, 4.69) is 5.32 Å². The number of imide groups is 1. The van der Waals surface area contributed by atoms with Gasteiger partial charge in [0, 0.05) is 13.1 Å². The fourth-order valence-corrected chi connectivity index (χ4v) is 3.22. The van der Waals surface area contributed by atoms with Gasteiger partial charge in [-0.15, -0.1) is 0 Å². The zero-order chi connectivity index (χ0) is 18.2. The first kappa shape index (κ1) is 17.3. The van der Waals surface area contributed by atoms with Crippen molar-refractivity contribution in [1.82, 2.24) is 15.1 Å². The molecule has 3 rings (SSSR count). The topological polar surface area (TPSA) is 69.7 Å². The van der Waals surface area contributed by atoms with E-state index in [1.54, 1.807) is 4.90 Å². The zero-order valence-electron chi connectivity index (χ0n) is 13.8. The van der Waals surface area contributed by atoms with E-state index >= 15 is 0 Å². The molecule has 2 heterocycles. The van der Waals surface area contributed by atoms with Gasteiger partial charge in [0.05, 0.1) is 0 Å². The summed E-state index contributed by atoms with van der Waals surface area (Å²) in [6, 6.07) is 2.30. The van der Waals surface area contributed by atoms with Crippen molar-refractivity contribution in [1.29, 1.82) is 0 Å². The first-order chi connectivity index (χ1) is 11.8. The standard InChI is InChI=1S/C17H19F2N3O3/c1-17(11-5-6-12(18)13(19)9-11)15(24)22(16(25)20-17)10-14(23)21-7-3-2-4-8-21/h5-6,9H,2-4,7-8,10H2,1H3,(H,20,25)/t17-/m0/s1. The molecule has 2 fully saturated rings. The molecule has 2 aliphatic heterocycles. The molecule has 0 radical (unpaired) electrons. The van der Waals surface area contributed by atoms with Crippen LogP contribution in [0.4, 0.5) is 13.6 Å². The Kier molecular flexibility index (Phi) is 4.45. The quantitative estimate of drug-likeness (QED) is 0.844. The molecule has 4 amide bonds. The molecule has 1 N–H and O–H groups in total. The lowest BCUT2D eigenvalue weighted by atomic mass is 9.92. The lowest BCUT2D eigenvalue weighted by Gasteiger charge is -2.28. The number of carbonyl (C=O) groups excluding carboxylic acids is 3. The van der Waals surface area contributed by atoms with Gasteiger partial charge in [-0.05, 0) is 43.9 Å². The number of carbonyl (C=O) groups is 3. The van der Waals surface area contributed by atoms with Crippen molar-refractivity contribution in [3.8, 4) is 0 Å². The summed E-state index contributed by atoms with van der Waals surface area (Å²) in [6.07, 6.45) is 2.86. The summed E-state index contributed by atoms with van der Waals surface area (Å²) >= 11 is 0. The van der Waals surface area contributed by atoms with E-state index in [9.17, 15) is 23.2 Å². The molecule has 0 unspecified atom stereocenters. The van der Waals surface area contributed by atoms with Gasteiger partial charge >= 0.3 is 6.03 Å². The first-order valence-electron chi connectivity index (χ1n) is 8.20. The summed E-state index contributed by atoms with van der Waals surface area (Å²) in [4.78, 5) is 39.7. The van der Waals surface area contributed by atoms with Crippen molar-refractivity contribution >= 4 is 17.8 Å². The minimum absolute atomic E-state index is 0.123. The van der Waals surface area contributed by atoms with Crippen LogP contribution in [-0.2, 0) is 15.1 Å². The Morgan fingerprint density at radius 2 is 1.84 bits per heavy atom. The highest BCUT2D eigenvalue weighted by atomic mass is 19.2. The summed E-state index contributed by atoms with van der Waals surface area (Å²) in [5.74, 6) is -3.10. The summed E-state index contributed by atoms with van der Waals surface area (Å²) in [5.41, 5.74) is -1.41. The van der Waals surface area contributed by atoms with Crippen molar-refractivity contribution in [2.45, 2.75) is 31.7 Å². The molecule has 1 aromatic carbocycles. The van der Waals surface area contributed by atoms with Crippen LogP contribution in [-0.4, -0.2) is 47.3 Å². The molecule has 0 aliphatic carbocycles. The van der Waals surface area contributed by atoms with Gasteiger partial charge < -0.3 is 10.2 Å². The third-order valence-corrected chi connectivity index (χ3v) is 4.77. The molecule has 6 nitrogen and oxygen atoms in total. The summed E-state index contributed by atoms with van der Waals surface area (Å²) in [6.45, 7) is 2.28. The number of nitrogens with zero attached hydrogens (tertiary/aromatic N) is 2. The predicted molar refractivity (Wildman–Crippen MR) is 84.4 cm³/mol. The van der Waals surface area contributed by atoms with Gasteiger partial charge in [0.1, 0.15) is 12.1 Å². The van der Waals surface area contributed by atoms with Gasteiger partial charge in [-0.3, -0.25) is 14.5 Å². The second kappa shape index (κ2) is 6.42. The normalized spacial score (nSPS) is 23.8. The van der Waals surface area contributed by atoms with Crippen LogP contribution in [0.2, 0.25) is 0 Å². The number of urea groups is 1. The van der Waals surface area contributed by atoms with E-state index in [0.717, 1.165) is 36.3 Å². The van der Waals surface area contributed by atoms with E-state index < -0.39 is 29.1 Å². The summed E-state index contributed by atoms with van der Waals surface area (Å²) < 4.78 is 26.6. The van der Waals surface area contributed by atoms with Crippen LogP contribution < -0.4 is 5.32 Å². The minimum Gasteiger partial charge on any atom is -0.341 e. The summed E-state index contributed by atoms with van der Waals surface area (Å²) in [5, 5.41) is 2.48. The first-order valence-corrected chi connectivity index (χ1v) is 8.20. The Hall–Kier alpha value is -2.51. The molecule has 1 aromatic rings. The van der Waals surface area contributed by atoms with Crippen LogP contribution >= 0.6 is 0 Å². The van der Waals surface area contributed by atoms with Gasteiger partial charge in [0.25, 0.3) is 5.91 Å². The number of hydrogen-bond acceptors (Lipinski definition) is 3. The van der Waals surface area contributed by atoms with Crippen LogP contribution in [0.5, 0.6) is 0 Å². The van der Waals surface area contributed by atoms with Crippen LogP contribution in [0.15, 0.2) is 18.2 Å². The molecular weight excluding hydrogens is 332 g/mol. The third-order valence-electron chi connectivity index (χ3n) is 4.77. The maximum Gasteiger partial charge on any atom is 0.325 e. The highest BCUT2D eigenvalue weighted by Gasteiger charge is 2.50. The SMILES string of the molecule is C[C@@]1(c2ccc(F)c(F)c2)NC(=O)N(CC(=O)N2CCCCC2)C1=O. The van der Waals surface area contributed by atoms with Crippen LogP contribution in [0.25, 0.3) is 0 Å². The zero-order valence-corrected chi connectivity index (χ0v) is 13.8. The van der Waals surface area contributed by atoms with Gasteiger partial charge in [-0.1, -0.05) is 6.07 Å². The fourth-order valence-electron chi connectivity index (χ4n) is 3.22. The smallest absolute Gasteiger partial charge is 0.325 e. The lowest BCUT2D eigenvalue weighted by Crippen LogP contribution is -2.45. The van der Waals surface area contributed by atoms with E-state index in [-0.39, 0.29) is 18.0 Å². The van der Waals surface area contributed by atoms with E-state index in [0.29, 0.717) is 13.1 Å². The molecule has 25 heavy (non-hydrogen) atoms. The monoisotopic (exact) mass is 351 g/mol. The van der Waals surface area contributed by atoms with E-state index in [4.69, 9.17) is 0 Å². The lowest BCUT2D eigenvalue weighted by molar-refractivity contribution is -0.139. The van der Waals surface area contributed by atoms with Crippen LogP contribution in [0.3, 0.4) is 0 Å². The van der Waals surface area contributed by atoms with E-state index in [1.807, 2.05) is 0 Å². The summed E-state index contributed by atoms with van der Waals surface area (Å²) in [7, 11) is 0. The van der Waals surface area contributed by atoms with Crippen molar-refractivity contribution in [3.05, 3.63) is 35.4 Å². The predicted octanol–water partition coefficient (Wildman–Crippen LogP) is 1.74. The molecule has 2 aliphatic rings. The number of likely N-dealkylation sites (tertiary alicyclic amines) is 1. The van der Waals surface area contributed by atoms with Crippen molar-refractivity contribution < 1.29 is 23.2 Å². The molecule has 134 valence electrons. The number of amides is 4. The minimum atomic E-state index is -1.53. The highest BCUT2D eigenvalue weighted by molar-refractivity contribution is 6.09. The number of halogens is 2. The average Bonchev–Trinajstić information content (AvgIpc) is 2.82. The van der Waals surface area contributed by atoms with Crippen LogP contribution in [0.1, 0.15) is 31.7 Å². The van der Waals surface area contributed by atoms with Gasteiger partial charge in [-0.2, -0.15) is 0 Å². The second-order valence-corrected chi connectivity index (χ2v) is 6.52. The maximum atomic E-state index is 13.5. The Bertz CT molecular complexity index is 734. The van der Waals surface area contributed by atoms with Gasteiger partial charge in [-0.25, -0.2) is 13.6 Å². The Morgan fingerprint density at radius 3 is 2.48 bits per heavy atom. The molecule has 0 saturated carbocycles. The van der Waals surface area contributed by atoms with Crippen molar-refractivity contribution in [2.75, 3.05) is 19.6 Å². The number of rotatable bonds is 3. The highest BCUT2D eigenvalue weighted by Crippen LogP contribution is 2.29. The molecule has 0 aromatic heterocycles. The maximum absolute atomic E-state index is 13.5.